The number of carbonyl (C=O) groups excluding carboxylic acids is 1. The van der Waals surface area contributed by atoms with Crippen LogP contribution in [-0.4, -0.2) is 39.6 Å². The van der Waals surface area contributed by atoms with E-state index in [0.717, 1.165) is 34.0 Å². The van der Waals surface area contributed by atoms with Gasteiger partial charge in [-0.2, -0.15) is 0 Å². The van der Waals surface area contributed by atoms with Gasteiger partial charge in [0.2, 0.25) is 5.91 Å². The predicted octanol–water partition coefficient (Wildman–Crippen LogP) is 5.04. The summed E-state index contributed by atoms with van der Waals surface area (Å²) in [4.78, 5) is 13.8. The molecule has 6 nitrogen and oxygen atoms in total. The Labute approximate surface area is 196 Å². The minimum absolute atomic E-state index is 0.0533. The third-order valence-electron chi connectivity index (χ3n) is 6.86. The van der Waals surface area contributed by atoms with E-state index in [1.165, 1.54) is 37.4 Å². The maximum absolute atomic E-state index is 12.8. The van der Waals surface area contributed by atoms with Gasteiger partial charge in [-0.3, -0.25) is 9.36 Å². The molecule has 5 rings (SSSR count). The fourth-order valence-corrected chi connectivity index (χ4v) is 6.85. The van der Waals surface area contributed by atoms with Gasteiger partial charge in [0.05, 0.1) is 23.4 Å². The number of benzene rings is 1. The first-order chi connectivity index (χ1) is 15.6. The normalized spacial score (nSPS) is 22.8. The monoisotopic (exact) mass is 468 g/mol. The number of hydrogen-bond acceptors (Lipinski definition) is 6. The van der Waals surface area contributed by atoms with E-state index in [0.29, 0.717) is 16.8 Å². The van der Waals surface area contributed by atoms with Gasteiger partial charge >= 0.3 is 0 Å². The minimum atomic E-state index is 0.0533. The molecule has 1 amide bonds. The standard InChI is InChI=1S/C24H28N4O2S2/c1-15(18-13-16-9-10-17(18)12-16)25-22(29)14-32-24-27-26-23(21-8-5-11-31-21)28(24)19-6-3-4-7-20(19)30-2/h3-8,11,15-18H,9-10,12-14H2,1-2H3,(H,25,29)/t15-,16-,17-,18-/m1/s1. The number of para-hydroxylation sites is 2. The molecule has 2 aromatic heterocycles. The van der Waals surface area contributed by atoms with Crippen molar-refractivity contribution in [2.24, 2.45) is 17.8 Å². The van der Waals surface area contributed by atoms with Gasteiger partial charge in [-0.05, 0) is 67.5 Å². The number of fused-ring (bicyclic) bond motifs is 2. The van der Waals surface area contributed by atoms with Crippen LogP contribution in [0, 0.1) is 17.8 Å². The second-order valence-electron chi connectivity index (χ2n) is 8.77. The van der Waals surface area contributed by atoms with Crippen molar-refractivity contribution in [2.45, 2.75) is 43.8 Å². The van der Waals surface area contributed by atoms with E-state index in [2.05, 4.69) is 22.4 Å². The summed E-state index contributed by atoms with van der Waals surface area (Å²) in [6.07, 6.45) is 5.33. The molecule has 2 aliphatic rings. The molecular weight excluding hydrogens is 440 g/mol. The number of ether oxygens (including phenoxy) is 1. The number of carbonyl (C=O) groups is 1. The molecule has 32 heavy (non-hydrogen) atoms. The van der Waals surface area contributed by atoms with Crippen molar-refractivity contribution in [1.29, 1.82) is 0 Å². The Hall–Kier alpha value is -2.32. The molecule has 0 aliphatic heterocycles. The van der Waals surface area contributed by atoms with Gasteiger partial charge in [0.25, 0.3) is 0 Å². The fraction of sp³-hybridized carbons (Fsp3) is 0.458. The maximum Gasteiger partial charge on any atom is 0.230 e. The molecule has 1 N–H and O–H groups in total. The third kappa shape index (κ3) is 4.18. The Kier molecular flexibility index (Phi) is 6.24. The smallest absolute Gasteiger partial charge is 0.230 e. The van der Waals surface area contributed by atoms with Crippen LogP contribution in [0.4, 0.5) is 0 Å². The van der Waals surface area contributed by atoms with Gasteiger partial charge in [0, 0.05) is 6.04 Å². The van der Waals surface area contributed by atoms with Gasteiger partial charge in [0.15, 0.2) is 11.0 Å². The van der Waals surface area contributed by atoms with Crippen LogP contribution in [0.25, 0.3) is 16.4 Å². The van der Waals surface area contributed by atoms with Crippen LogP contribution >= 0.6 is 23.1 Å². The average molecular weight is 469 g/mol. The molecule has 0 radical (unpaired) electrons. The highest BCUT2D eigenvalue weighted by Crippen LogP contribution is 2.49. The van der Waals surface area contributed by atoms with E-state index in [-0.39, 0.29) is 11.9 Å². The Bertz CT molecular complexity index is 1080. The predicted molar refractivity (Wildman–Crippen MR) is 128 cm³/mol. The summed E-state index contributed by atoms with van der Waals surface area (Å²) >= 11 is 3.03. The Morgan fingerprint density at radius 1 is 1.25 bits per heavy atom. The molecule has 8 heteroatoms. The van der Waals surface area contributed by atoms with Crippen LogP contribution in [-0.2, 0) is 4.79 Å². The molecule has 0 unspecified atom stereocenters. The zero-order valence-electron chi connectivity index (χ0n) is 18.4. The number of thioether (sulfide) groups is 1. The van der Waals surface area contributed by atoms with E-state index in [1.807, 2.05) is 46.3 Å². The second kappa shape index (κ2) is 9.27. The molecule has 0 spiro atoms. The first-order valence-corrected chi connectivity index (χ1v) is 13.1. The fourth-order valence-electron chi connectivity index (χ4n) is 5.40. The highest BCUT2D eigenvalue weighted by atomic mass is 32.2. The first-order valence-electron chi connectivity index (χ1n) is 11.2. The quantitative estimate of drug-likeness (QED) is 0.469. The molecule has 1 aromatic carbocycles. The summed E-state index contributed by atoms with van der Waals surface area (Å²) in [6, 6.07) is 12.1. The molecule has 4 atom stereocenters. The summed E-state index contributed by atoms with van der Waals surface area (Å²) in [6.45, 7) is 2.17. The number of thiophene rings is 1. The SMILES string of the molecule is COc1ccccc1-n1c(SCC(=O)N[C@H](C)[C@H]2C[C@@H]3CC[C@@H]2C3)nnc1-c1cccs1. The van der Waals surface area contributed by atoms with Crippen LogP contribution in [0.1, 0.15) is 32.6 Å². The number of rotatable bonds is 8. The first kappa shape index (κ1) is 21.5. The molecule has 2 saturated carbocycles. The third-order valence-corrected chi connectivity index (χ3v) is 8.65. The van der Waals surface area contributed by atoms with Crippen molar-refractivity contribution in [3.8, 4) is 22.1 Å². The van der Waals surface area contributed by atoms with E-state index in [9.17, 15) is 4.79 Å². The highest BCUT2D eigenvalue weighted by Gasteiger charge is 2.42. The zero-order chi connectivity index (χ0) is 22.1. The summed E-state index contributed by atoms with van der Waals surface area (Å²) < 4.78 is 7.58. The van der Waals surface area contributed by atoms with Crippen molar-refractivity contribution < 1.29 is 9.53 Å². The molecule has 2 fully saturated rings. The van der Waals surface area contributed by atoms with Crippen LogP contribution in [0.5, 0.6) is 5.75 Å². The average Bonchev–Trinajstić information content (AvgIpc) is 3.61. The summed E-state index contributed by atoms with van der Waals surface area (Å²) in [7, 11) is 1.66. The van der Waals surface area contributed by atoms with Crippen molar-refractivity contribution in [3.63, 3.8) is 0 Å². The molecule has 2 heterocycles. The molecular formula is C24H28N4O2S2. The van der Waals surface area contributed by atoms with Crippen molar-refractivity contribution >= 4 is 29.0 Å². The largest absolute Gasteiger partial charge is 0.495 e. The lowest BCUT2D eigenvalue weighted by atomic mass is 9.84. The number of nitrogens with zero attached hydrogens (tertiary/aromatic N) is 3. The topological polar surface area (TPSA) is 69.0 Å². The van der Waals surface area contributed by atoms with Crippen LogP contribution in [0.15, 0.2) is 46.9 Å². The van der Waals surface area contributed by atoms with Crippen LogP contribution < -0.4 is 10.1 Å². The lowest BCUT2D eigenvalue weighted by Gasteiger charge is -2.28. The molecule has 0 saturated heterocycles. The number of aromatic nitrogens is 3. The summed E-state index contributed by atoms with van der Waals surface area (Å²) in [5, 5.41) is 14.8. The molecule has 2 bridgehead atoms. The van der Waals surface area contributed by atoms with E-state index < -0.39 is 0 Å². The van der Waals surface area contributed by atoms with Crippen LogP contribution in [0.3, 0.4) is 0 Å². The number of amides is 1. The van der Waals surface area contributed by atoms with Gasteiger partial charge in [-0.15, -0.1) is 21.5 Å². The van der Waals surface area contributed by atoms with Gasteiger partial charge in [-0.25, -0.2) is 0 Å². The lowest BCUT2D eigenvalue weighted by Crippen LogP contribution is -2.40. The number of methoxy groups -OCH3 is 1. The molecule has 3 aromatic rings. The maximum atomic E-state index is 12.8. The second-order valence-corrected chi connectivity index (χ2v) is 10.7. The summed E-state index contributed by atoms with van der Waals surface area (Å²) in [5.41, 5.74) is 0.863. The van der Waals surface area contributed by atoms with Crippen molar-refractivity contribution in [1.82, 2.24) is 20.1 Å². The van der Waals surface area contributed by atoms with E-state index >= 15 is 0 Å². The van der Waals surface area contributed by atoms with Crippen LogP contribution in [0.2, 0.25) is 0 Å². The van der Waals surface area contributed by atoms with Gasteiger partial charge < -0.3 is 10.1 Å². The minimum Gasteiger partial charge on any atom is -0.495 e. The Balaban J connectivity index is 1.33. The number of hydrogen-bond donors (Lipinski definition) is 1. The Morgan fingerprint density at radius 3 is 2.84 bits per heavy atom. The highest BCUT2D eigenvalue weighted by molar-refractivity contribution is 7.99. The van der Waals surface area contributed by atoms with Gasteiger partial charge in [-0.1, -0.05) is 36.4 Å². The Morgan fingerprint density at radius 2 is 2.12 bits per heavy atom. The lowest BCUT2D eigenvalue weighted by molar-refractivity contribution is -0.119. The van der Waals surface area contributed by atoms with Gasteiger partial charge in [0.1, 0.15) is 5.75 Å². The summed E-state index contributed by atoms with van der Waals surface area (Å²) in [5.74, 6) is 4.16. The van der Waals surface area contributed by atoms with Crippen molar-refractivity contribution in [3.05, 3.63) is 41.8 Å². The van der Waals surface area contributed by atoms with E-state index in [4.69, 9.17) is 4.74 Å². The zero-order valence-corrected chi connectivity index (χ0v) is 20.0. The molecule has 2 aliphatic carbocycles. The van der Waals surface area contributed by atoms with E-state index in [1.54, 1.807) is 18.4 Å². The van der Waals surface area contributed by atoms with Crippen molar-refractivity contribution in [2.75, 3.05) is 12.9 Å². The number of nitrogens with one attached hydrogen (secondary N) is 1. The molecule has 168 valence electrons.